The van der Waals surface area contributed by atoms with E-state index in [1.807, 2.05) is 91.9 Å². The zero-order valence-electron chi connectivity index (χ0n) is 24.3. The lowest BCUT2D eigenvalue weighted by atomic mass is 10.0. The zero-order chi connectivity index (χ0) is 30.7. The first-order valence-electron chi connectivity index (χ1n) is 14.3. The van der Waals surface area contributed by atoms with Crippen LogP contribution in [0.3, 0.4) is 0 Å². The minimum atomic E-state index is -0.358. The van der Waals surface area contributed by atoms with Gasteiger partial charge in [0.25, 0.3) is 0 Å². The average Bonchev–Trinajstić information content (AvgIpc) is 3.05. The summed E-state index contributed by atoms with van der Waals surface area (Å²) in [6.07, 6.45) is 3.30. The molecule has 0 saturated heterocycles. The Morgan fingerprint density at radius 1 is 0.705 bits per heavy atom. The first-order valence-corrected chi connectivity index (χ1v) is 14.3. The number of rotatable bonds is 11. The molecule has 6 heteroatoms. The number of carbonyl (C=O) groups excluding carboxylic acids is 3. The molecule has 0 heterocycles. The Hall–Kier alpha value is -5.75. The van der Waals surface area contributed by atoms with Crippen molar-refractivity contribution in [3.63, 3.8) is 0 Å². The van der Waals surface area contributed by atoms with Gasteiger partial charge in [0.15, 0.2) is 5.78 Å². The monoisotopic (exact) mass is 580 g/mol. The number of amides is 2. The predicted octanol–water partition coefficient (Wildman–Crippen LogP) is 7.64. The molecular weight excluding hydrogens is 548 g/mol. The highest BCUT2D eigenvalue weighted by molar-refractivity contribution is 6.15. The maximum Gasteiger partial charge on any atom is 0.248 e. The lowest BCUT2D eigenvalue weighted by molar-refractivity contribution is -0.115. The van der Waals surface area contributed by atoms with Crippen LogP contribution >= 0.6 is 0 Å². The fourth-order valence-electron chi connectivity index (χ4n) is 4.52. The van der Waals surface area contributed by atoms with E-state index in [-0.39, 0.29) is 29.6 Å². The topological polar surface area (TPSA) is 84.5 Å². The minimum Gasteiger partial charge on any atom is -0.489 e. The molecule has 2 N–H and O–H groups in total. The SMILES string of the molecule is Cc1ccc(CC(=O)Nc2ccc(NC(=O)/C=C/c3ccc(OCc4ccccc4)cc3)cc2C(=O)c2ccccc2)cc1. The van der Waals surface area contributed by atoms with Gasteiger partial charge in [-0.2, -0.15) is 0 Å². The van der Waals surface area contributed by atoms with Gasteiger partial charge in [0.2, 0.25) is 11.8 Å². The van der Waals surface area contributed by atoms with Gasteiger partial charge in [-0.05, 0) is 60.0 Å². The van der Waals surface area contributed by atoms with Gasteiger partial charge in [-0.25, -0.2) is 0 Å². The van der Waals surface area contributed by atoms with E-state index in [1.165, 1.54) is 6.08 Å². The smallest absolute Gasteiger partial charge is 0.248 e. The van der Waals surface area contributed by atoms with Gasteiger partial charge in [0, 0.05) is 22.9 Å². The third kappa shape index (κ3) is 8.39. The summed E-state index contributed by atoms with van der Waals surface area (Å²) in [4.78, 5) is 39.1. The number of carbonyl (C=O) groups is 3. The van der Waals surface area contributed by atoms with Crippen molar-refractivity contribution >= 4 is 35.0 Å². The summed E-state index contributed by atoms with van der Waals surface area (Å²) in [5, 5.41) is 5.70. The lowest BCUT2D eigenvalue weighted by Crippen LogP contribution is -2.18. The summed E-state index contributed by atoms with van der Waals surface area (Å²) in [7, 11) is 0. The summed E-state index contributed by atoms with van der Waals surface area (Å²) in [6, 6.07) is 38.8. The van der Waals surface area contributed by atoms with Crippen LogP contribution in [0.25, 0.3) is 6.08 Å². The minimum absolute atomic E-state index is 0.169. The molecule has 44 heavy (non-hydrogen) atoms. The molecule has 0 unspecified atom stereocenters. The quantitative estimate of drug-likeness (QED) is 0.124. The second-order valence-corrected chi connectivity index (χ2v) is 10.3. The Morgan fingerprint density at radius 2 is 1.39 bits per heavy atom. The molecule has 0 aliphatic rings. The molecule has 0 atom stereocenters. The summed E-state index contributed by atoms with van der Waals surface area (Å²) < 4.78 is 5.82. The molecule has 5 aromatic carbocycles. The van der Waals surface area contributed by atoms with Crippen molar-refractivity contribution in [2.75, 3.05) is 10.6 Å². The fraction of sp³-hybridized carbons (Fsp3) is 0.0789. The first-order chi connectivity index (χ1) is 21.4. The largest absolute Gasteiger partial charge is 0.489 e. The summed E-state index contributed by atoms with van der Waals surface area (Å²) in [5.74, 6) is -0.134. The second kappa shape index (κ2) is 14.4. The molecule has 5 aromatic rings. The number of ether oxygens (including phenoxy) is 1. The Morgan fingerprint density at radius 3 is 2.09 bits per heavy atom. The fourth-order valence-corrected chi connectivity index (χ4v) is 4.52. The first kappa shape index (κ1) is 29.7. The highest BCUT2D eigenvalue weighted by Crippen LogP contribution is 2.25. The maximum atomic E-state index is 13.5. The number of hydrogen-bond donors (Lipinski definition) is 2. The Kier molecular flexibility index (Phi) is 9.75. The molecule has 0 fully saturated rings. The second-order valence-electron chi connectivity index (χ2n) is 10.3. The van der Waals surface area contributed by atoms with Crippen LogP contribution in [0.4, 0.5) is 11.4 Å². The average molecular weight is 581 g/mol. The van der Waals surface area contributed by atoms with E-state index in [4.69, 9.17) is 4.74 Å². The number of aryl methyl sites for hydroxylation is 1. The van der Waals surface area contributed by atoms with Crippen LogP contribution < -0.4 is 15.4 Å². The van der Waals surface area contributed by atoms with Gasteiger partial charge in [-0.15, -0.1) is 0 Å². The maximum absolute atomic E-state index is 13.5. The zero-order valence-corrected chi connectivity index (χ0v) is 24.3. The van der Waals surface area contributed by atoms with Crippen molar-refractivity contribution in [2.24, 2.45) is 0 Å². The Labute approximate surface area is 257 Å². The Balaban J connectivity index is 1.26. The number of benzene rings is 5. The van der Waals surface area contributed by atoms with Crippen molar-refractivity contribution in [3.8, 4) is 5.75 Å². The van der Waals surface area contributed by atoms with Crippen molar-refractivity contribution in [1.29, 1.82) is 0 Å². The van der Waals surface area contributed by atoms with Crippen LogP contribution in [0.2, 0.25) is 0 Å². The molecule has 0 radical (unpaired) electrons. The molecule has 0 aliphatic carbocycles. The Bertz CT molecular complexity index is 1760. The molecule has 2 amide bonds. The molecule has 0 aliphatic heterocycles. The van der Waals surface area contributed by atoms with Crippen LogP contribution in [0, 0.1) is 6.92 Å². The number of ketones is 1. The summed E-state index contributed by atoms with van der Waals surface area (Å²) in [6.45, 7) is 2.46. The van der Waals surface area contributed by atoms with Gasteiger partial charge in [-0.1, -0.05) is 103 Å². The molecule has 218 valence electrons. The molecule has 5 rings (SSSR count). The highest BCUT2D eigenvalue weighted by Gasteiger charge is 2.17. The van der Waals surface area contributed by atoms with Crippen molar-refractivity contribution in [2.45, 2.75) is 20.0 Å². The van der Waals surface area contributed by atoms with E-state index in [2.05, 4.69) is 10.6 Å². The summed E-state index contributed by atoms with van der Waals surface area (Å²) >= 11 is 0. The van der Waals surface area contributed by atoms with Crippen LogP contribution in [-0.4, -0.2) is 17.6 Å². The van der Waals surface area contributed by atoms with Crippen molar-refractivity contribution in [3.05, 3.63) is 167 Å². The van der Waals surface area contributed by atoms with E-state index in [9.17, 15) is 14.4 Å². The van der Waals surface area contributed by atoms with E-state index in [1.54, 1.807) is 48.5 Å². The molecular formula is C38H32N2O4. The number of nitrogens with one attached hydrogen (secondary N) is 2. The third-order valence-electron chi connectivity index (χ3n) is 6.88. The molecule has 0 aromatic heterocycles. The van der Waals surface area contributed by atoms with Gasteiger partial charge in [0.1, 0.15) is 12.4 Å². The van der Waals surface area contributed by atoms with Crippen molar-refractivity contribution < 1.29 is 19.1 Å². The van der Waals surface area contributed by atoms with Crippen molar-refractivity contribution in [1.82, 2.24) is 0 Å². The normalized spacial score (nSPS) is 10.8. The highest BCUT2D eigenvalue weighted by atomic mass is 16.5. The lowest BCUT2D eigenvalue weighted by Gasteiger charge is -2.13. The number of anilines is 2. The molecule has 0 bridgehead atoms. The van der Waals surface area contributed by atoms with E-state index in [0.717, 1.165) is 28.0 Å². The third-order valence-corrected chi connectivity index (χ3v) is 6.88. The van der Waals surface area contributed by atoms with E-state index in [0.29, 0.717) is 23.5 Å². The van der Waals surface area contributed by atoms with Gasteiger partial charge in [-0.3, -0.25) is 14.4 Å². The van der Waals surface area contributed by atoms with Crippen LogP contribution in [0.1, 0.15) is 38.2 Å². The van der Waals surface area contributed by atoms with Gasteiger partial charge >= 0.3 is 0 Å². The van der Waals surface area contributed by atoms with Gasteiger partial charge in [0.05, 0.1) is 12.1 Å². The predicted molar refractivity (Wildman–Crippen MR) is 175 cm³/mol. The van der Waals surface area contributed by atoms with E-state index < -0.39 is 0 Å². The van der Waals surface area contributed by atoms with Crippen LogP contribution in [0.15, 0.2) is 133 Å². The number of hydrogen-bond acceptors (Lipinski definition) is 4. The summed E-state index contributed by atoms with van der Waals surface area (Å²) in [5.41, 5.74) is 5.45. The standard InChI is InChI=1S/C38H32N2O4/c1-27-12-14-29(15-13-27)24-37(42)40-35-22-19-32(25-34(35)38(43)31-10-6-3-7-11-31)39-36(41)23-18-28-16-20-33(21-17-28)44-26-30-8-4-2-5-9-30/h2-23,25H,24,26H2,1H3,(H,39,41)(H,40,42)/b23-18+. The van der Waals surface area contributed by atoms with Crippen LogP contribution in [-0.2, 0) is 22.6 Å². The molecule has 0 spiro atoms. The van der Waals surface area contributed by atoms with E-state index >= 15 is 0 Å². The van der Waals surface area contributed by atoms with Crippen LogP contribution in [0.5, 0.6) is 5.75 Å². The molecule has 0 saturated carbocycles. The van der Waals surface area contributed by atoms with Gasteiger partial charge < -0.3 is 15.4 Å². The molecule has 6 nitrogen and oxygen atoms in total.